The van der Waals surface area contributed by atoms with Gasteiger partial charge in [-0.3, -0.25) is 14.2 Å². The molecule has 0 bridgehead atoms. The Kier molecular flexibility index (Phi) is 6.18. The zero-order valence-corrected chi connectivity index (χ0v) is 15.4. The lowest BCUT2D eigenvalue weighted by molar-refractivity contribution is -0.122. The normalized spacial score (nSPS) is 11.1. The summed E-state index contributed by atoms with van der Waals surface area (Å²) < 4.78 is 1.50. The van der Waals surface area contributed by atoms with Crippen LogP contribution in [0.1, 0.15) is 5.56 Å². The van der Waals surface area contributed by atoms with Crippen LogP contribution in [0.2, 0.25) is 0 Å². The minimum atomic E-state index is -0.653. The molecule has 0 aliphatic heterocycles. The molecule has 2 amide bonds. The average molecular weight is 386 g/mol. The van der Waals surface area contributed by atoms with Crippen LogP contribution >= 0.6 is 0 Å². The molecule has 144 valence electrons. The number of nitrogens with one attached hydrogen (secondary N) is 1. The van der Waals surface area contributed by atoms with E-state index in [1.54, 1.807) is 30.3 Å². The number of aromatic hydroxyl groups is 1. The fourth-order valence-corrected chi connectivity index (χ4v) is 2.72. The number of carbonyl (C=O) groups excluding carboxylic acids is 2. The highest BCUT2D eigenvalue weighted by Gasteiger charge is 2.16. The first kappa shape index (κ1) is 19.6. The number of hydrogen-bond donors (Lipinski definition) is 2. The highest BCUT2D eigenvalue weighted by atomic mass is 16.3. The van der Waals surface area contributed by atoms with Gasteiger partial charge in [0.1, 0.15) is 6.54 Å². The van der Waals surface area contributed by atoms with E-state index >= 15 is 0 Å². The van der Waals surface area contributed by atoms with E-state index in [1.807, 2.05) is 30.3 Å². The van der Waals surface area contributed by atoms with Crippen molar-refractivity contribution in [3.63, 3.8) is 0 Å². The molecule has 0 atom stereocenters. The van der Waals surface area contributed by atoms with Crippen LogP contribution in [0.4, 0.5) is 5.69 Å². The molecule has 0 saturated carbocycles. The predicted octanol–water partition coefficient (Wildman–Crippen LogP) is 3.42. The van der Waals surface area contributed by atoms with Gasteiger partial charge in [-0.05, 0) is 17.7 Å². The summed E-state index contributed by atoms with van der Waals surface area (Å²) in [5, 5.41) is 20.9. The summed E-state index contributed by atoms with van der Waals surface area (Å²) in [6, 6.07) is 16.4. The van der Waals surface area contributed by atoms with E-state index in [4.69, 9.17) is 6.42 Å². The van der Waals surface area contributed by atoms with Gasteiger partial charge in [-0.2, -0.15) is 0 Å². The number of carbonyl (C=O) groups is 2. The van der Waals surface area contributed by atoms with Crippen LogP contribution in [0.5, 0.6) is 5.88 Å². The van der Waals surface area contributed by atoms with Gasteiger partial charge >= 0.3 is 0 Å². The van der Waals surface area contributed by atoms with Gasteiger partial charge in [0.15, 0.2) is 5.69 Å². The van der Waals surface area contributed by atoms with Crippen LogP contribution in [-0.2, 0) is 16.1 Å². The fourth-order valence-electron chi connectivity index (χ4n) is 2.72. The van der Waals surface area contributed by atoms with Gasteiger partial charge in [0.05, 0.1) is 12.1 Å². The van der Waals surface area contributed by atoms with Crippen molar-refractivity contribution in [3.05, 3.63) is 66.2 Å². The second-order valence-corrected chi connectivity index (χ2v) is 6.04. The van der Waals surface area contributed by atoms with E-state index < -0.39 is 11.8 Å². The van der Waals surface area contributed by atoms with Gasteiger partial charge < -0.3 is 10.4 Å². The molecule has 29 heavy (non-hydrogen) atoms. The van der Waals surface area contributed by atoms with Crippen molar-refractivity contribution in [3.8, 4) is 18.2 Å². The Hall–Kier alpha value is -4.18. The summed E-state index contributed by atoms with van der Waals surface area (Å²) in [7, 11) is 0. The number of hydrogen-bond acceptors (Lipinski definition) is 4. The number of benzene rings is 2. The van der Waals surface area contributed by atoms with Gasteiger partial charge in [-0.15, -0.1) is 16.7 Å². The van der Waals surface area contributed by atoms with Crippen LogP contribution in [0.15, 0.2) is 70.9 Å². The molecule has 0 radical (unpaired) electrons. The summed E-state index contributed by atoms with van der Waals surface area (Å²) in [5.74, 6) is 1.21. The van der Waals surface area contributed by atoms with Gasteiger partial charge in [0.25, 0.3) is 5.91 Å². The Morgan fingerprint density at radius 2 is 1.86 bits per heavy atom. The zero-order chi connectivity index (χ0) is 20.6. The Balaban J connectivity index is 1.65. The van der Waals surface area contributed by atoms with Crippen molar-refractivity contribution >= 4 is 34.5 Å². The smallest absolute Gasteiger partial charge is 0.283 e. The molecule has 2 aromatic carbocycles. The van der Waals surface area contributed by atoms with E-state index in [-0.39, 0.29) is 24.7 Å². The molecule has 0 aliphatic rings. The number of nitrogens with zero attached hydrogens (tertiary/aromatic N) is 3. The first-order valence-corrected chi connectivity index (χ1v) is 8.79. The molecule has 3 rings (SSSR count). The Morgan fingerprint density at radius 1 is 1.14 bits per heavy atom. The SMILES string of the molecule is C#CCn1c(O)c(N=NC(=O)CNC(=O)/C=C/c2ccccc2)c2ccccc21. The molecule has 0 saturated heterocycles. The van der Waals surface area contributed by atoms with Crippen molar-refractivity contribution in [2.75, 3.05) is 6.54 Å². The highest BCUT2D eigenvalue weighted by molar-refractivity contribution is 5.96. The number of aromatic nitrogens is 1. The lowest BCUT2D eigenvalue weighted by Gasteiger charge is -2.00. The molecule has 0 spiro atoms. The van der Waals surface area contributed by atoms with Gasteiger partial charge in [0, 0.05) is 11.5 Å². The second-order valence-electron chi connectivity index (χ2n) is 6.04. The molecule has 1 heterocycles. The molecule has 1 aromatic heterocycles. The van der Waals surface area contributed by atoms with Crippen LogP contribution in [-0.4, -0.2) is 28.0 Å². The van der Waals surface area contributed by atoms with E-state index in [0.717, 1.165) is 5.56 Å². The molecule has 3 aromatic rings. The first-order valence-electron chi connectivity index (χ1n) is 8.79. The average Bonchev–Trinajstić information content (AvgIpc) is 3.01. The van der Waals surface area contributed by atoms with Crippen molar-refractivity contribution in [2.45, 2.75) is 6.54 Å². The molecular formula is C22H18N4O3. The molecule has 0 unspecified atom stereocenters. The summed E-state index contributed by atoms with van der Waals surface area (Å²) in [5.41, 5.74) is 1.70. The predicted molar refractivity (Wildman–Crippen MR) is 110 cm³/mol. The molecule has 0 aliphatic carbocycles. The molecule has 7 heteroatoms. The Labute approximate surface area is 167 Å². The quantitative estimate of drug-likeness (QED) is 0.386. The van der Waals surface area contributed by atoms with Crippen LogP contribution < -0.4 is 5.32 Å². The zero-order valence-electron chi connectivity index (χ0n) is 15.4. The maximum atomic E-state index is 12.0. The van der Waals surface area contributed by atoms with Gasteiger partial charge in [-0.25, -0.2) is 0 Å². The number of amides is 2. The summed E-state index contributed by atoms with van der Waals surface area (Å²) >= 11 is 0. The summed E-state index contributed by atoms with van der Waals surface area (Å²) in [6.45, 7) is -0.162. The maximum absolute atomic E-state index is 12.0. The molecule has 0 fully saturated rings. The number of fused-ring (bicyclic) bond motifs is 1. The van der Waals surface area contributed by atoms with Gasteiger partial charge in [0.2, 0.25) is 11.8 Å². The standard InChI is InChI=1S/C22H18N4O3/c1-2-14-26-18-11-7-6-10-17(18)21(22(26)29)25-24-20(28)15-23-19(27)13-12-16-8-4-3-5-9-16/h1,3-13,29H,14-15H2,(H,23,27)/b13-12+,25-24?. The minimum absolute atomic E-state index is 0.152. The molecule has 2 N–H and O–H groups in total. The van der Waals surface area contributed by atoms with Crippen molar-refractivity contribution in [1.82, 2.24) is 9.88 Å². The molecular weight excluding hydrogens is 368 g/mol. The van der Waals surface area contributed by atoms with Gasteiger partial charge in [-0.1, -0.05) is 54.5 Å². The third-order valence-electron chi connectivity index (χ3n) is 4.07. The monoisotopic (exact) mass is 386 g/mol. The number of rotatable bonds is 6. The third-order valence-corrected chi connectivity index (χ3v) is 4.07. The van der Waals surface area contributed by atoms with Crippen LogP contribution in [0, 0.1) is 12.3 Å². The van der Waals surface area contributed by atoms with E-state index in [2.05, 4.69) is 21.5 Å². The van der Waals surface area contributed by atoms with Crippen molar-refractivity contribution in [2.24, 2.45) is 10.2 Å². The van der Waals surface area contributed by atoms with E-state index in [1.165, 1.54) is 10.6 Å². The minimum Gasteiger partial charge on any atom is -0.493 e. The lowest BCUT2D eigenvalue weighted by Crippen LogP contribution is -2.26. The topological polar surface area (TPSA) is 96.0 Å². The van der Waals surface area contributed by atoms with Crippen molar-refractivity contribution in [1.29, 1.82) is 0 Å². The number of azo groups is 1. The maximum Gasteiger partial charge on any atom is 0.283 e. The van der Waals surface area contributed by atoms with E-state index in [9.17, 15) is 14.7 Å². The highest BCUT2D eigenvalue weighted by Crippen LogP contribution is 2.38. The Bertz CT molecular complexity index is 1140. The Morgan fingerprint density at radius 3 is 2.62 bits per heavy atom. The number of terminal acetylenes is 1. The summed E-state index contributed by atoms with van der Waals surface area (Å²) in [6.07, 6.45) is 8.32. The second kappa shape index (κ2) is 9.15. The summed E-state index contributed by atoms with van der Waals surface area (Å²) in [4.78, 5) is 23.8. The first-order chi connectivity index (χ1) is 14.1. The lowest BCUT2D eigenvalue weighted by atomic mass is 10.2. The third kappa shape index (κ3) is 4.76. The molecule has 7 nitrogen and oxygen atoms in total. The van der Waals surface area contributed by atoms with Crippen molar-refractivity contribution < 1.29 is 14.7 Å². The number of para-hydroxylation sites is 1. The van der Waals surface area contributed by atoms with Crippen LogP contribution in [0.25, 0.3) is 17.0 Å². The van der Waals surface area contributed by atoms with E-state index in [0.29, 0.717) is 10.9 Å². The fraction of sp³-hybridized carbons (Fsp3) is 0.0909. The van der Waals surface area contributed by atoms with Crippen LogP contribution in [0.3, 0.4) is 0 Å². The largest absolute Gasteiger partial charge is 0.493 e.